The molecular weight excluding hydrogens is 604 g/mol. The van der Waals surface area contributed by atoms with E-state index in [0.717, 1.165) is 73.5 Å². The molecule has 1 saturated heterocycles. The number of methoxy groups -OCH3 is 1. The summed E-state index contributed by atoms with van der Waals surface area (Å²) in [6.07, 6.45) is 8.19. The third kappa shape index (κ3) is 7.96. The standard InChI is InChI=1S/C39H54N4O5/c1-38(2,3)48-37(46)42-24-28(35(44)40-39(19-10-11-20-39)31-13-6-5-7-14-31)23-29(25-42)36(45)43(32-17-18-32)27-30-26-41(21-12-22-47-4)34-16-9-8-15-33(30)34/h5-9,13-16,26,28-29,32,37,46H,10-12,17-25,27H2,1-4H3,(H,40,44)/t28-,29+,37?/m0/s1. The topological polar surface area (TPSA) is 96.3 Å². The fourth-order valence-corrected chi connectivity index (χ4v) is 7.84. The highest BCUT2D eigenvalue weighted by Crippen LogP contribution is 2.40. The quantitative estimate of drug-likeness (QED) is 0.179. The highest BCUT2D eigenvalue weighted by Gasteiger charge is 2.45. The number of fused-ring (bicyclic) bond motifs is 1. The molecule has 1 aromatic heterocycles. The lowest BCUT2D eigenvalue weighted by molar-refractivity contribution is -0.247. The second-order valence-electron chi connectivity index (χ2n) is 15.2. The molecule has 2 heterocycles. The van der Waals surface area contributed by atoms with Crippen molar-refractivity contribution in [2.24, 2.45) is 11.8 Å². The van der Waals surface area contributed by atoms with Gasteiger partial charge in [0.25, 0.3) is 0 Å². The van der Waals surface area contributed by atoms with Crippen LogP contribution in [0.3, 0.4) is 0 Å². The molecule has 48 heavy (non-hydrogen) atoms. The lowest BCUT2D eigenvalue weighted by Gasteiger charge is -2.42. The highest BCUT2D eigenvalue weighted by molar-refractivity contribution is 5.86. The Balaban J connectivity index is 1.25. The summed E-state index contributed by atoms with van der Waals surface area (Å²) in [5, 5.41) is 15.9. The van der Waals surface area contributed by atoms with E-state index >= 15 is 0 Å². The van der Waals surface area contributed by atoms with Crippen molar-refractivity contribution in [1.82, 2.24) is 19.7 Å². The lowest BCUT2D eigenvalue weighted by atomic mass is 9.84. The molecule has 0 bridgehead atoms. The van der Waals surface area contributed by atoms with Crippen LogP contribution in [-0.2, 0) is 37.7 Å². The third-order valence-corrected chi connectivity index (χ3v) is 10.3. The van der Waals surface area contributed by atoms with Gasteiger partial charge in [0, 0.05) is 63.0 Å². The third-order valence-electron chi connectivity index (χ3n) is 10.3. The van der Waals surface area contributed by atoms with Crippen molar-refractivity contribution in [2.45, 2.75) is 109 Å². The van der Waals surface area contributed by atoms with E-state index in [-0.39, 0.29) is 17.9 Å². The number of carbonyl (C=O) groups excluding carboxylic acids is 2. The van der Waals surface area contributed by atoms with E-state index in [1.807, 2.05) is 43.9 Å². The predicted molar refractivity (Wildman–Crippen MR) is 187 cm³/mol. The first-order valence-electron chi connectivity index (χ1n) is 17.9. The van der Waals surface area contributed by atoms with Crippen LogP contribution in [-0.4, -0.2) is 76.2 Å². The maximum Gasteiger partial charge on any atom is 0.227 e. The van der Waals surface area contributed by atoms with Crippen LogP contribution < -0.4 is 5.32 Å². The second-order valence-corrected chi connectivity index (χ2v) is 15.2. The molecule has 1 aliphatic heterocycles. The molecule has 1 unspecified atom stereocenters. The molecule has 2 amide bonds. The fourth-order valence-electron chi connectivity index (χ4n) is 7.84. The fraction of sp³-hybridized carbons (Fsp3) is 0.590. The molecule has 6 rings (SSSR count). The zero-order chi connectivity index (χ0) is 33.9. The van der Waals surface area contributed by atoms with Crippen molar-refractivity contribution >= 4 is 22.7 Å². The minimum atomic E-state index is -1.22. The monoisotopic (exact) mass is 658 g/mol. The van der Waals surface area contributed by atoms with Crippen LogP contribution in [0.2, 0.25) is 0 Å². The number of nitrogens with zero attached hydrogens (tertiary/aromatic N) is 3. The Morgan fingerprint density at radius 3 is 2.40 bits per heavy atom. The minimum absolute atomic E-state index is 0.0525. The zero-order valence-electron chi connectivity index (χ0n) is 29.2. The number of ether oxygens (including phenoxy) is 2. The molecule has 3 aromatic rings. The van der Waals surface area contributed by atoms with Gasteiger partial charge in [-0.15, -0.1) is 0 Å². The van der Waals surface area contributed by atoms with E-state index in [4.69, 9.17) is 9.47 Å². The van der Waals surface area contributed by atoms with Crippen LogP contribution in [0.25, 0.3) is 10.9 Å². The number of hydrogen-bond acceptors (Lipinski definition) is 6. The van der Waals surface area contributed by atoms with E-state index < -0.39 is 29.4 Å². The van der Waals surface area contributed by atoms with E-state index in [1.165, 1.54) is 0 Å². The zero-order valence-corrected chi connectivity index (χ0v) is 29.2. The molecule has 260 valence electrons. The lowest BCUT2D eigenvalue weighted by Crippen LogP contribution is -2.57. The van der Waals surface area contributed by atoms with Crippen LogP contribution in [0.15, 0.2) is 60.8 Å². The summed E-state index contributed by atoms with van der Waals surface area (Å²) in [7, 11) is 1.73. The van der Waals surface area contributed by atoms with Crippen molar-refractivity contribution in [1.29, 1.82) is 0 Å². The van der Waals surface area contributed by atoms with Gasteiger partial charge in [-0.05, 0) is 76.5 Å². The number of rotatable bonds is 13. The molecule has 2 aliphatic carbocycles. The average Bonchev–Trinajstić information content (AvgIpc) is 3.71. The number of benzene rings is 2. The molecule has 0 radical (unpaired) electrons. The number of hydrogen-bond donors (Lipinski definition) is 2. The number of aryl methyl sites for hydroxylation is 1. The Bertz CT molecular complexity index is 1540. The van der Waals surface area contributed by atoms with Crippen molar-refractivity contribution in [3.05, 3.63) is 71.9 Å². The number of aliphatic hydroxyl groups is 1. The van der Waals surface area contributed by atoms with Gasteiger partial charge in [-0.2, -0.15) is 0 Å². The van der Waals surface area contributed by atoms with E-state index in [0.29, 0.717) is 32.7 Å². The Morgan fingerprint density at radius 1 is 1.02 bits per heavy atom. The first-order valence-corrected chi connectivity index (χ1v) is 17.9. The summed E-state index contributed by atoms with van der Waals surface area (Å²) in [6.45, 7) is 8.43. The van der Waals surface area contributed by atoms with Crippen molar-refractivity contribution in [3.8, 4) is 0 Å². The van der Waals surface area contributed by atoms with E-state index in [2.05, 4.69) is 52.5 Å². The number of piperidine rings is 1. The summed E-state index contributed by atoms with van der Waals surface area (Å²) in [5.74, 6) is -0.906. The van der Waals surface area contributed by atoms with Crippen molar-refractivity contribution < 1.29 is 24.2 Å². The van der Waals surface area contributed by atoms with Crippen LogP contribution >= 0.6 is 0 Å². The predicted octanol–water partition coefficient (Wildman–Crippen LogP) is 5.78. The number of likely N-dealkylation sites (tertiary alicyclic amines) is 1. The SMILES string of the molecule is COCCCn1cc(CN(C(=O)[C@@H]2C[C@H](C(=O)NC3(c4ccccc4)CCCC3)CN(C(O)OC(C)(C)C)C2)C2CC2)c2ccccc21. The minimum Gasteiger partial charge on any atom is -0.385 e. The first kappa shape index (κ1) is 34.6. The molecule has 0 spiro atoms. The van der Waals surface area contributed by atoms with Crippen LogP contribution in [0.1, 0.15) is 83.3 Å². The maximum atomic E-state index is 14.6. The largest absolute Gasteiger partial charge is 0.385 e. The van der Waals surface area contributed by atoms with Gasteiger partial charge in [0.2, 0.25) is 18.2 Å². The number of para-hydroxylation sites is 1. The molecule has 9 nitrogen and oxygen atoms in total. The number of aromatic nitrogens is 1. The molecule has 3 atom stereocenters. The summed E-state index contributed by atoms with van der Waals surface area (Å²) in [5.41, 5.74) is 2.43. The summed E-state index contributed by atoms with van der Waals surface area (Å²) in [4.78, 5) is 32.7. The van der Waals surface area contributed by atoms with Crippen molar-refractivity contribution in [2.75, 3.05) is 26.8 Å². The number of aliphatic hydroxyl groups excluding tert-OH is 1. The number of amides is 2. The van der Waals surface area contributed by atoms with Crippen LogP contribution in [0, 0.1) is 11.8 Å². The van der Waals surface area contributed by atoms with Gasteiger partial charge in [-0.25, -0.2) is 0 Å². The molecular formula is C39H54N4O5. The summed E-state index contributed by atoms with van der Waals surface area (Å²) < 4.78 is 13.6. The Labute approximate surface area is 285 Å². The first-order chi connectivity index (χ1) is 23.1. The molecule has 2 saturated carbocycles. The highest BCUT2D eigenvalue weighted by atomic mass is 16.6. The van der Waals surface area contributed by atoms with Gasteiger partial charge in [0.05, 0.1) is 23.0 Å². The van der Waals surface area contributed by atoms with Gasteiger partial charge in [0.15, 0.2) is 0 Å². The van der Waals surface area contributed by atoms with Crippen LogP contribution in [0.4, 0.5) is 0 Å². The molecule has 2 N–H and O–H groups in total. The number of nitrogens with one attached hydrogen (secondary N) is 1. The van der Waals surface area contributed by atoms with E-state index in [9.17, 15) is 14.7 Å². The molecule has 3 fully saturated rings. The van der Waals surface area contributed by atoms with Gasteiger partial charge in [-0.3, -0.25) is 14.5 Å². The van der Waals surface area contributed by atoms with Gasteiger partial charge in [0.1, 0.15) is 0 Å². The van der Waals surface area contributed by atoms with Gasteiger partial charge < -0.3 is 29.4 Å². The normalized spacial score (nSPS) is 22.1. The second kappa shape index (κ2) is 14.7. The number of carbonyl (C=O) groups is 2. The smallest absolute Gasteiger partial charge is 0.227 e. The Kier molecular flexibility index (Phi) is 10.6. The Hall–Kier alpha value is -3.24. The summed E-state index contributed by atoms with van der Waals surface area (Å²) in [6, 6.07) is 18.9. The molecule has 9 heteroatoms. The maximum absolute atomic E-state index is 14.6. The average molecular weight is 659 g/mol. The van der Waals surface area contributed by atoms with Gasteiger partial charge in [-0.1, -0.05) is 61.4 Å². The summed E-state index contributed by atoms with van der Waals surface area (Å²) >= 11 is 0. The van der Waals surface area contributed by atoms with Gasteiger partial charge >= 0.3 is 0 Å². The molecule has 3 aliphatic rings. The van der Waals surface area contributed by atoms with Crippen LogP contribution in [0.5, 0.6) is 0 Å². The van der Waals surface area contributed by atoms with E-state index in [1.54, 1.807) is 12.0 Å². The molecule has 2 aromatic carbocycles. The van der Waals surface area contributed by atoms with Crippen molar-refractivity contribution in [3.63, 3.8) is 0 Å². The Morgan fingerprint density at radius 2 is 1.71 bits per heavy atom.